The van der Waals surface area contributed by atoms with Gasteiger partial charge in [0, 0.05) is 31.5 Å². The van der Waals surface area contributed by atoms with Crippen LogP contribution >= 0.6 is 11.3 Å². The maximum Gasteiger partial charge on any atom is 0.280 e. The van der Waals surface area contributed by atoms with E-state index in [4.69, 9.17) is 4.74 Å². The molecule has 3 rings (SSSR count). The number of amides is 2. The lowest BCUT2D eigenvalue weighted by molar-refractivity contribution is -0.116. The zero-order valence-corrected chi connectivity index (χ0v) is 12.9. The Balaban J connectivity index is 1.68. The summed E-state index contributed by atoms with van der Waals surface area (Å²) in [6, 6.07) is 0. The first-order valence-corrected chi connectivity index (χ1v) is 8.14. The minimum absolute atomic E-state index is 0.0208. The molecule has 1 unspecified atom stereocenters. The molecule has 114 valence electrons. The van der Waals surface area contributed by atoms with Gasteiger partial charge in [0.1, 0.15) is 5.82 Å². The summed E-state index contributed by atoms with van der Waals surface area (Å²) >= 11 is 1.39. The van der Waals surface area contributed by atoms with E-state index in [1.165, 1.54) is 18.3 Å². The van der Waals surface area contributed by atoms with Crippen molar-refractivity contribution in [2.45, 2.75) is 38.7 Å². The van der Waals surface area contributed by atoms with Gasteiger partial charge in [0.05, 0.1) is 6.10 Å². The predicted octanol–water partition coefficient (Wildman–Crippen LogP) is 1.35. The second kappa shape index (κ2) is 6.11. The Bertz CT molecular complexity index is 552. The predicted molar refractivity (Wildman–Crippen MR) is 79.8 cm³/mol. The quantitative estimate of drug-likeness (QED) is 0.915. The fourth-order valence-electron chi connectivity index (χ4n) is 2.71. The first kappa shape index (κ1) is 14.5. The Hall–Kier alpha value is -1.47. The Morgan fingerprint density at radius 3 is 3.05 bits per heavy atom. The van der Waals surface area contributed by atoms with Crippen molar-refractivity contribution < 1.29 is 14.3 Å². The first-order chi connectivity index (χ1) is 10.1. The summed E-state index contributed by atoms with van der Waals surface area (Å²) in [7, 11) is 0. The van der Waals surface area contributed by atoms with E-state index in [0.717, 1.165) is 37.2 Å². The second-order valence-electron chi connectivity index (χ2n) is 5.39. The highest BCUT2D eigenvalue weighted by atomic mass is 32.1. The van der Waals surface area contributed by atoms with Crippen LogP contribution in [0.15, 0.2) is 0 Å². The highest BCUT2D eigenvalue weighted by Crippen LogP contribution is 2.31. The zero-order valence-electron chi connectivity index (χ0n) is 12.1. The summed E-state index contributed by atoms with van der Waals surface area (Å²) in [6.07, 6.45) is 3.98. The third-order valence-electron chi connectivity index (χ3n) is 3.81. The van der Waals surface area contributed by atoms with Crippen molar-refractivity contribution in [1.82, 2.24) is 10.3 Å². The van der Waals surface area contributed by atoms with Gasteiger partial charge in [0.15, 0.2) is 5.01 Å². The number of hydrogen-bond donors (Lipinski definition) is 1. The van der Waals surface area contributed by atoms with E-state index in [1.807, 2.05) is 0 Å². The number of fused-ring (bicyclic) bond motifs is 1. The van der Waals surface area contributed by atoms with Crippen molar-refractivity contribution in [2.75, 3.05) is 24.6 Å². The molecule has 1 saturated heterocycles. The molecular weight excluding hydrogens is 290 g/mol. The number of aromatic nitrogens is 1. The Labute approximate surface area is 127 Å². The van der Waals surface area contributed by atoms with Crippen molar-refractivity contribution in [3.63, 3.8) is 0 Å². The summed E-state index contributed by atoms with van der Waals surface area (Å²) in [5.41, 5.74) is 0. The van der Waals surface area contributed by atoms with E-state index in [1.54, 1.807) is 4.90 Å². The van der Waals surface area contributed by atoms with E-state index in [0.29, 0.717) is 23.9 Å². The molecule has 1 aromatic rings. The zero-order chi connectivity index (χ0) is 14.8. The number of nitrogens with one attached hydrogen (secondary N) is 1. The molecule has 0 aliphatic carbocycles. The van der Waals surface area contributed by atoms with Crippen molar-refractivity contribution in [2.24, 2.45) is 0 Å². The lowest BCUT2D eigenvalue weighted by Gasteiger charge is -2.23. The van der Waals surface area contributed by atoms with Crippen molar-refractivity contribution in [3.05, 3.63) is 9.88 Å². The van der Waals surface area contributed by atoms with Gasteiger partial charge in [-0.2, -0.15) is 0 Å². The molecule has 0 saturated carbocycles. The lowest BCUT2D eigenvalue weighted by atomic mass is 10.2. The van der Waals surface area contributed by atoms with Gasteiger partial charge in [-0.1, -0.05) is 0 Å². The molecule has 1 aromatic heterocycles. The molecule has 0 bridgehead atoms. The van der Waals surface area contributed by atoms with E-state index < -0.39 is 0 Å². The molecule has 21 heavy (non-hydrogen) atoms. The van der Waals surface area contributed by atoms with Crippen LogP contribution in [0.2, 0.25) is 0 Å². The summed E-state index contributed by atoms with van der Waals surface area (Å²) in [5, 5.41) is 3.31. The molecule has 3 heterocycles. The number of anilines is 1. The van der Waals surface area contributed by atoms with E-state index in [-0.39, 0.29) is 17.9 Å². The van der Waals surface area contributed by atoms with Gasteiger partial charge < -0.3 is 10.1 Å². The van der Waals surface area contributed by atoms with Crippen LogP contribution in [-0.4, -0.2) is 42.6 Å². The smallest absolute Gasteiger partial charge is 0.280 e. The number of nitrogens with zero attached hydrogens (tertiary/aromatic N) is 2. The van der Waals surface area contributed by atoms with E-state index in [2.05, 4.69) is 10.3 Å². The van der Waals surface area contributed by atoms with Crippen LogP contribution in [0.25, 0.3) is 0 Å². The van der Waals surface area contributed by atoms with Gasteiger partial charge in [-0.15, -0.1) is 11.3 Å². The van der Waals surface area contributed by atoms with Crippen molar-refractivity contribution >= 4 is 29.0 Å². The number of carbonyl (C=O) groups excluding carboxylic acids is 2. The molecule has 2 aliphatic rings. The Kier molecular flexibility index (Phi) is 4.21. The standard InChI is InChI=1S/C14H19N3O3S/c1-9(18)17-6-2-5-11-12(17)16-14(21-11)13(19)15-8-10-4-3-7-20-10/h10H,2-8H2,1H3,(H,15,19). The highest BCUT2D eigenvalue weighted by molar-refractivity contribution is 7.14. The molecule has 0 spiro atoms. The molecule has 6 nitrogen and oxygen atoms in total. The number of hydrogen-bond acceptors (Lipinski definition) is 5. The van der Waals surface area contributed by atoms with E-state index in [9.17, 15) is 9.59 Å². The van der Waals surface area contributed by atoms with Crippen LogP contribution in [0.4, 0.5) is 5.82 Å². The third kappa shape index (κ3) is 3.08. The SMILES string of the molecule is CC(=O)N1CCCc2sc(C(=O)NCC3CCCO3)nc21. The molecule has 1 atom stereocenters. The molecular formula is C14H19N3O3S. The Morgan fingerprint density at radius 2 is 2.33 bits per heavy atom. The number of thiazole rings is 1. The maximum absolute atomic E-state index is 12.2. The van der Waals surface area contributed by atoms with Gasteiger partial charge in [0.2, 0.25) is 5.91 Å². The molecule has 1 N–H and O–H groups in total. The van der Waals surface area contributed by atoms with Crippen molar-refractivity contribution in [1.29, 1.82) is 0 Å². The summed E-state index contributed by atoms with van der Waals surface area (Å²) in [5.74, 6) is 0.474. The maximum atomic E-state index is 12.2. The topological polar surface area (TPSA) is 71.5 Å². The van der Waals surface area contributed by atoms with Crippen molar-refractivity contribution in [3.8, 4) is 0 Å². The molecule has 0 aromatic carbocycles. The second-order valence-corrected chi connectivity index (χ2v) is 6.47. The number of carbonyl (C=O) groups is 2. The fraction of sp³-hybridized carbons (Fsp3) is 0.643. The van der Waals surface area contributed by atoms with Crippen LogP contribution in [0.1, 0.15) is 40.9 Å². The first-order valence-electron chi connectivity index (χ1n) is 7.33. The minimum Gasteiger partial charge on any atom is -0.376 e. The normalized spacial score (nSPS) is 21.2. The lowest BCUT2D eigenvalue weighted by Crippen LogP contribution is -2.34. The number of aryl methyl sites for hydroxylation is 1. The van der Waals surface area contributed by atoms with Crippen LogP contribution in [0.3, 0.4) is 0 Å². The average molecular weight is 309 g/mol. The molecule has 0 radical (unpaired) electrons. The third-order valence-corrected chi connectivity index (χ3v) is 4.91. The van der Waals surface area contributed by atoms with Crippen LogP contribution in [0, 0.1) is 0 Å². The highest BCUT2D eigenvalue weighted by Gasteiger charge is 2.26. The minimum atomic E-state index is -0.173. The average Bonchev–Trinajstić information content (AvgIpc) is 3.12. The fourth-order valence-corrected chi connectivity index (χ4v) is 3.74. The molecule has 2 amide bonds. The molecule has 2 aliphatic heterocycles. The van der Waals surface area contributed by atoms with Crippen LogP contribution in [0.5, 0.6) is 0 Å². The van der Waals surface area contributed by atoms with Crippen LogP contribution in [-0.2, 0) is 16.0 Å². The monoisotopic (exact) mass is 309 g/mol. The molecule has 1 fully saturated rings. The summed E-state index contributed by atoms with van der Waals surface area (Å²) in [4.78, 5) is 30.8. The summed E-state index contributed by atoms with van der Waals surface area (Å²) < 4.78 is 5.48. The van der Waals surface area contributed by atoms with Gasteiger partial charge in [-0.25, -0.2) is 4.98 Å². The van der Waals surface area contributed by atoms with Gasteiger partial charge in [0.25, 0.3) is 5.91 Å². The van der Waals surface area contributed by atoms with Gasteiger partial charge >= 0.3 is 0 Å². The summed E-state index contributed by atoms with van der Waals surface area (Å²) in [6.45, 7) is 3.52. The Morgan fingerprint density at radius 1 is 1.48 bits per heavy atom. The van der Waals surface area contributed by atoms with E-state index >= 15 is 0 Å². The van der Waals surface area contributed by atoms with Gasteiger partial charge in [-0.05, 0) is 25.7 Å². The molecule has 7 heteroatoms. The largest absolute Gasteiger partial charge is 0.376 e. The number of ether oxygens (including phenoxy) is 1. The van der Waals surface area contributed by atoms with Crippen LogP contribution < -0.4 is 10.2 Å². The van der Waals surface area contributed by atoms with Gasteiger partial charge in [-0.3, -0.25) is 14.5 Å². The number of rotatable bonds is 3.